The molecule has 82 valence electrons. The van der Waals surface area contributed by atoms with Gasteiger partial charge < -0.3 is 17.3 Å². The summed E-state index contributed by atoms with van der Waals surface area (Å²) < 4.78 is 51.4. The van der Waals surface area contributed by atoms with E-state index in [1.807, 2.05) is 0 Å². The van der Waals surface area contributed by atoms with Crippen LogP contribution in [0.3, 0.4) is 0 Å². The fourth-order valence-corrected chi connectivity index (χ4v) is 0.731. The predicted octanol–water partition coefficient (Wildman–Crippen LogP) is 3.92. The highest BCUT2D eigenvalue weighted by molar-refractivity contribution is 6.50. The fourth-order valence-electron chi connectivity index (χ4n) is 0.731. The van der Waals surface area contributed by atoms with Crippen LogP contribution in [0.5, 0.6) is 0 Å². The molecule has 1 aromatic carbocycles. The van der Waals surface area contributed by atoms with E-state index >= 15 is 0 Å². The van der Waals surface area contributed by atoms with Gasteiger partial charge in [-0.25, -0.2) is 4.39 Å². The van der Waals surface area contributed by atoms with Gasteiger partial charge in [-0.05, 0) is 19.1 Å². The van der Waals surface area contributed by atoms with Crippen molar-refractivity contribution in [1.82, 2.24) is 0 Å². The van der Waals surface area contributed by atoms with Crippen LogP contribution in [0.15, 0.2) is 18.2 Å². The van der Waals surface area contributed by atoms with Gasteiger partial charge in [0.15, 0.2) is 4.98 Å². The topological polar surface area (TPSA) is 28.1 Å². The number of hydrogen-bond donors (Lipinski definition) is 0. The summed E-state index contributed by atoms with van der Waals surface area (Å²) in [5.41, 5.74) is 1.03. The molecule has 8 heteroatoms. The zero-order valence-corrected chi connectivity index (χ0v) is 7.59. The largest absolute Gasteiger partial charge is 0.673 e. The average molecular weight is 224 g/mol. The number of benzene rings is 1. The lowest BCUT2D eigenvalue weighted by Gasteiger charge is -1.94. The van der Waals surface area contributed by atoms with E-state index < -0.39 is 7.25 Å². The number of hydrogen-bond acceptors (Lipinski definition) is 1. The first kappa shape index (κ1) is 13.4. The van der Waals surface area contributed by atoms with Gasteiger partial charge in [0, 0.05) is 11.6 Å². The Hall–Kier alpha value is -1.65. The molecule has 0 radical (unpaired) electrons. The van der Waals surface area contributed by atoms with Crippen LogP contribution in [0.25, 0.3) is 4.98 Å². The molecule has 0 aliphatic carbocycles. The standard InChI is InChI=1S/C7H6FN2.BF4/c1-5-4-6(8)2-3-7(5)10-9;2-1(3,4)5/h2-4H,1H3;/q+1;-1. The number of diazo groups is 1. The molecule has 15 heavy (non-hydrogen) atoms. The Morgan fingerprint density at radius 3 is 2.00 bits per heavy atom. The van der Waals surface area contributed by atoms with E-state index in [9.17, 15) is 21.7 Å². The maximum Gasteiger partial charge on any atom is 0.673 e. The van der Waals surface area contributed by atoms with Gasteiger partial charge in [-0.2, -0.15) is 0 Å². The Bertz CT molecular complexity index is 365. The monoisotopic (exact) mass is 224 g/mol. The van der Waals surface area contributed by atoms with Gasteiger partial charge in [0.05, 0.1) is 0 Å². The second kappa shape index (κ2) is 5.29. The van der Waals surface area contributed by atoms with Crippen LogP contribution in [0.4, 0.5) is 27.3 Å². The highest BCUT2D eigenvalue weighted by atomic mass is 19.5. The Morgan fingerprint density at radius 1 is 1.20 bits per heavy atom. The van der Waals surface area contributed by atoms with Crippen molar-refractivity contribution in [3.63, 3.8) is 0 Å². The zero-order valence-electron chi connectivity index (χ0n) is 7.59. The van der Waals surface area contributed by atoms with Gasteiger partial charge in [0.25, 0.3) is 0 Å². The second-order valence-corrected chi connectivity index (χ2v) is 2.53. The number of halogens is 5. The smallest absolute Gasteiger partial charge is 0.418 e. The molecular formula is C7H6BF5N2. The van der Waals surface area contributed by atoms with E-state index in [1.165, 1.54) is 18.2 Å². The predicted molar refractivity (Wildman–Crippen MR) is 46.1 cm³/mol. The quantitative estimate of drug-likeness (QED) is 0.372. The van der Waals surface area contributed by atoms with Crippen LogP contribution in [0, 0.1) is 18.1 Å². The summed E-state index contributed by atoms with van der Waals surface area (Å²) in [5.74, 6) is -0.315. The van der Waals surface area contributed by atoms with E-state index in [2.05, 4.69) is 4.98 Å². The van der Waals surface area contributed by atoms with Crippen LogP contribution in [0.2, 0.25) is 0 Å². The molecule has 0 heterocycles. The highest BCUT2D eigenvalue weighted by Gasteiger charge is 2.20. The summed E-state index contributed by atoms with van der Waals surface area (Å²) in [7, 11) is -6.00. The third kappa shape index (κ3) is 7.43. The van der Waals surface area contributed by atoms with Crippen LogP contribution in [0.1, 0.15) is 5.56 Å². The Morgan fingerprint density at radius 2 is 1.67 bits per heavy atom. The lowest BCUT2D eigenvalue weighted by molar-refractivity contribution is 0.368. The van der Waals surface area contributed by atoms with E-state index in [-0.39, 0.29) is 5.82 Å². The third-order valence-electron chi connectivity index (χ3n) is 1.27. The van der Waals surface area contributed by atoms with Crippen molar-refractivity contribution >= 4 is 12.9 Å². The summed E-state index contributed by atoms with van der Waals surface area (Å²) in [5, 5.41) is 8.31. The van der Waals surface area contributed by atoms with Crippen molar-refractivity contribution < 1.29 is 21.7 Å². The lowest BCUT2D eigenvalue weighted by Crippen LogP contribution is -2.02. The second-order valence-electron chi connectivity index (χ2n) is 2.53. The third-order valence-corrected chi connectivity index (χ3v) is 1.27. The molecule has 0 bridgehead atoms. The number of nitrogens with zero attached hydrogens (tertiary/aromatic N) is 2. The summed E-state index contributed by atoms with van der Waals surface area (Å²) in [6.07, 6.45) is 0. The molecule has 0 unspecified atom stereocenters. The molecule has 0 fully saturated rings. The molecule has 0 aliphatic rings. The summed E-state index contributed by atoms with van der Waals surface area (Å²) in [6, 6.07) is 3.99. The van der Waals surface area contributed by atoms with Gasteiger partial charge in [0.1, 0.15) is 5.82 Å². The minimum absolute atomic E-state index is 0.315. The SMILES string of the molecule is Cc1cc(F)ccc1[N+]#N.F[B-](F)(F)F. The van der Waals surface area contributed by atoms with Crippen molar-refractivity contribution in [2.75, 3.05) is 0 Å². The van der Waals surface area contributed by atoms with Crippen molar-refractivity contribution in [3.05, 3.63) is 34.6 Å². The van der Waals surface area contributed by atoms with Crippen LogP contribution in [-0.4, -0.2) is 7.25 Å². The highest BCUT2D eigenvalue weighted by Crippen LogP contribution is 2.18. The fraction of sp³-hybridized carbons (Fsp3) is 0.143. The minimum Gasteiger partial charge on any atom is -0.418 e. The number of aryl methyl sites for hydroxylation is 1. The van der Waals surface area contributed by atoms with Gasteiger partial charge in [-0.1, -0.05) is 0 Å². The van der Waals surface area contributed by atoms with Crippen molar-refractivity contribution in [2.24, 2.45) is 0 Å². The van der Waals surface area contributed by atoms with Gasteiger partial charge in [-0.15, -0.1) is 0 Å². The first-order valence-electron chi connectivity index (χ1n) is 3.72. The summed E-state index contributed by atoms with van der Waals surface area (Å²) >= 11 is 0. The molecule has 2 nitrogen and oxygen atoms in total. The molecule has 0 saturated carbocycles. The normalized spacial score (nSPS) is 9.93. The van der Waals surface area contributed by atoms with E-state index in [0.29, 0.717) is 11.3 Å². The molecule has 0 amide bonds. The zero-order chi connectivity index (χ0) is 12.1. The molecule has 0 spiro atoms. The minimum atomic E-state index is -6.00. The van der Waals surface area contributed by atoms with Crippen molar-refractivity contribution in [3.8, 4) is 0 Å². The molecule has 0 saturated heterocycles. The van der Waals surface area contributed by atoms with Crippen LogP contribution in [-0.2, 0) is 0 Å². The van der Waals surface area contributed by atoms with Crippen LogP contribution >= 0.6 is 0 Å². The van der Waals surface area contributed by atoms with E-state index in [1.54, 1.807) is 6.92 Å². The molecular weight excluding hydrogens is 218 g/mol. The molecule has 0 aliphatic heterocycles. The average Bonchev–Trinajstić information content (AvgIpc) is 2.01. The lowest BCUT2D eigenvalue weighted by atomic mass is 10.2. The van der Waals surface area contributed by atoms with E-state index in [0.717, 1.165) is 0 Å². The summed E-state index contributed by atoms with van der Waals surface area (Å²) in [4.78, 5) is 2.94. The molecule has 0 N–H and O–H groups in total. The summed E-state index contributed by atoms with van der Waals surface area (Å²) in [6.45, 7) is 1.68. The molecule has 0 aromatic heterocycles. The van der Waals surface area contributed by atoms with Gasteiger partial charge in [0.2, 0.25) is 5.39 Å². The molecule has 0 atom stereocenters. The first-order valence-corrected chi connectivity index (χ1v) is 3.72. The Labute approximate surface area is 82.4 Å². The van der Waals surface area contributed by atoms with E-state index in [4.69, 9.17) is 5.39 Å². The van der Waals surface area contributed by atoms with Crippen LogP contribution < -0.4 is 0 Å². The Balaban J connectivity index is 0.000000336. The van der Waals surface area contributed by atoms with Crippen molar-refractivity contribution in [2.45, 2.75) is 6.92 Å². The number of rotatable bonds is 0. The van der Waals surface area contributed by atoms with Gasteiger partial charge in [-0.3, -0.25) is 0 Å². The van der Waals surface area contributed by atoms with Gasteiger partial charge >= 0.3 is 12.9 Å². The molecule has 1 rings (SSSR count). The maximum absolute atomic E-state index is 12.4. The first-order chi connectivity index (χ1) is 6.74. The molecule has 1 aromatic rings. The Kier molecular flexibility index (Phi) is 4.71. The van der Waals surface area contributed by atoms with Crippen molar-refractivity contribution in [1.29, 1.82) is 5.39 Å². The maximum atomic E-state index is 12.4.